The molecule has 2 heterocycles. The number of hydrogen-bond donors (Lipinski definition) is 0. The number of carbonyl (C=O) groups is 1. The van der Waals surface area contributed by atoms with Crippen LogP contribution in [0, 0.1) is 10.1 Å². The van der Waals surface area contributed by atoms with Gasteiger partial charge in [-0.15, -0.1) is 0 Å². The molecule has 0 aliphatic carbocycles. The van der Waals surface area contributed by atoms with Crippen molar-refractivity contribution in [2.75, 3.05) is 0 Å². The van der Waals surface area contributed by atoms with E-state index in [1.807, 2.05) is 0 Å². The summed E-state index contributed by atoms with van der Waals surface area (Å²) in [7, 11) is 0. The molecule has 1 aliphatic rings. The number of ether oxygens (including phenoxy) is 1. The summed E-state index contributed by atoms with van der Waals surface area (Å²) in [6.45, 7) is 0. The van der Waals surface area contributed by atoms with E-state index in [0.717, 1.165) is 0 Å². The quantitative estimate of drug-likeness (QED) is 0.375. The number of aromatic nitrogens is 1. The Morgan fingerprint density at radius 3 is 2.82 bits per heavy atom. The Bertz CT molecular complexity index is 813. The molecule has 22 heavy (non-hydrogen) atoms. The summed E-state index contributed by atoms with van der Waals surface area (Å²) in [5, 5.41) is 10.8. The van der Waals surface area contributed by atoms with Gasteiger partial charge in [0.1, 0.15) is 0 Å². The SMILES string of the molecule is O=C1OC(c2cccc([N+](=O)[O-])c2)=NC1=Cc1cccnc1. The van der Waals surface area contributed by atoms with E-state index in [0.29, 0.717) is 11.1 Å². The number of non-ortho nitro benzene ring substituents is 1. The normalized spacial score (nSPS) is 15.5. The highest BCUT2D eigenvalue weighted by Gasteiger charge is 2.25. The molecule has 0 N–H and O–H groups in total. The van der Waals surface area contributed by atoms with Gasteiger partial charge in [0.05, 0.1) is 4.92 Å². The molecule has 0 unspecified atom stereocenters. The minimum Gasteiger partial charge on any atom is -0.402 e. The lowest BCUT2D eigenvalue weighted by molar-refractivity contribution is -0.384. The molecule has 108 valence electrons. The van der Waals surface area contributed by atoms with Gasteiger partial charge in [0.25, 0.3) is 5.69 Å². The summed E-state index contributed by atoms with van der Waals surface area (Å²) < 4.78 is 5.07. The van der Waals surface area contributed by atoms with Crippen molar-refractivity contribution >= 4 is 23.6 Å². The van der Waals surface area contributed by atoms with Crippen molar-refractivity contribution in [3.05, 3.63) is 75.7 Å². The zero-order valence-electron chi connectivity index (χ0n) is 11.2. The van der Waals surface area contributed by atoms with Crippen LogP contribution in [-0.4, -0.2) is 21.8 Å². The van der Waals surface area contributed by atoms with Gasteiger partial charge in [-0.1, -0.05) is 12.1 Å². The van der Waals surface area contributed by atoms with Crippen LogP contribution in [0.15, 0.2) is 59.5 Å². The maximum absolute atomic E-state index is 11.8. The molecule has 0 amide bonds. The van der Waals surface area contributed by atoms with E-state index in [1.54, 1.807) is 36.7 Å². The zero-order valence-corrected chi connectivity index (χ0v) is 11.2. The molecule has 7 nitrogen and oxygen atoms in total. The van der Waals surface area contributed by atoms with Crippen LogP contribution in [0.1, 0.15) is 11.1 Å². The molecule has 1 aromatic carbocycles. The number of rotatable bonds is 3. The highest BCUT2D eigenvalue weighted by atomic mass is 16.6. The van der Waals surface area contributed by atoms with Gasteiger partial charge in [-0.05, 0) is 23.8 Å². The van der Waals surface area contributed by atoms with Gasteiger partial charge in [-0.2, -0.15) is 0 Å². The Balaban J connectivity index is 1.95. The Labute approximate surface area is 124 Å². The summed E-state index contributed by atoms with van der Waals surface area (Å²) in [6.07, 6.45) is 4.74. The Hall–Kier alpha value is -3.35. The number of nitro groups is 1. The minimum absolute atomic E-state index is 0.0452. The lowest BCUT2D eigenvalue weighted by Gasteiger charge is -1.98. The molecule has 0 bridgehead atoms. The second-order valence-corrected chi connectivity index (χ2v) is 4.43. The van der Waals surface area contributed by atoms with Crippen LogP contribution in [0.3, 0.4) is 0 Å². The fourth-order valence-corrected chi connectivity index (χ4v) is 1.90. The zero-order chi connectivity index (χ0) is 15.5. The molecule has 0 fully saturated rings. The fourth-order valence-electron chi connectivity index (χ4n) is 1.90. The largest absolute Gasteiger partial charge is 0.402 e. The maximum Gasteiger partial charge on any atom is 0.363 e. The number of cyclic esters (lactones) is 1. The molecule has 0 atom stereocenters. The Kier molecular flexibility index (Phi) is 3.45. The van der Waals surface area contributed by atoms with Crippen LogP contribution in [-0.2, 0) is 9.53 Å². The first-order valence-corrected chi connectivity index (χ1v) is 6.31. The molecule has 7 heteroatoms. The first-order chi connectivity index (χ1) is 10.6. The van der Waals surface area contributed by atoms with Crippen molar-refractivity contribution in [1.82, 2.24) is 4.98 Å². The van der Waals surface area contributed by atoms with Crippen LogP contribution in [0.2, 0.25) is 0 Å². The third kappa shape index (κ3) is 2.73. The number of carbonyl (C=O) groups excluding carboxylic acids is 1. The van der Waals surface area contributed by atoms with Crippen LogP contribution < -0.4 is 0 Å². The van der Waals surface area contributed by atoms with E-state index in [2.05, 4.69) is 9.98 Å². The molecular formula is C15H9N3O4. The Morgan fingerprint density at radius 1 is 1.23 bits per heavy atom. The monoisotopic (exact) mass is 295 g/mol. The summed E-state index contributed by atoms with van der Waals surface area (Å²) in [5.74, 6) is -0.561. The molecule has 3 rings (SSSR count). The van der Waals surface area contributed by atoms with Gasteiger partial charge >= 0.3 is 5.97 Å². The number of nitro benzene ring substituents is 1. The van der Waals surface area contributed by atoms with Crippen molar-refractivity contribution in [2.24, 2.45) is 4.99 Å². The second-order valence-electron chi connectivity index (χ2n) is 4.43. The summed E-state index contributed by atoms with van der Waals surface area (Å²) >= 11 is 0. The van der Waals surface area contributed by atoms with Gasteiger partial charge in [0.2, 0.25) is 5.90 Å². The number of aliphatic imine (C=N–C) groups is 1. The predicted octanol–water partition coefficient (Wildman–Crippen LogP) is 2.33. The standard InChI is InChI=1S/C15H9N3O4/c19-15-13(7-10-3-2-6-16-9-10)17-14(22-15)11-4-1-5-12(8-11)18(20)21/h1-9H. The third-order valence-electron chi connectivity index (χ3n) is 2.91. The van der Waals surface area contributed by atoms with E-state index in [4.69, 9.17) is 4.74 Å². The lowest BCUT2D eigenvalue weighted by Crippen LogP contribution is -2.05. The van der Waals surface area contributed by atoms with Crippen molar-refractivity contribution < 1.29 is 14.5 Å². The van der Waals surface area contributed by atoms with E-state index in [-0.39, 0.29) is 17.3 Å². The van der Waals surface area contributed by atoms with Crippen LogP contribution in [0.5, 0.6) is 0 Å². The topological polar surface area (TPSA) is 94.7 Å². The highest BCUT2D eigenvalue weighted by Crippen LogP contribution is 2.21. The number of benzene rings is 1. The van der Waals surface area contributed by atoms with E-state index < -0.39 is 10.9 Å². The minimum atomic E-state index is -0.606. The number of esters is 1. The van der Waals surface area contributed by atoms with Crippen LogP contribution in [0.25, 0.3) is 6.08 Å². The average Bonchev–Trinajstić information content (AvgIpc) is 2.89. The molecule has 0 saturated carbocycles. The molecule has 1 aromatic heterocycles. The van der Waals surface area contributed by atoms with E-state index >= 15 is 0 Å². The molecule has 0 saturated heterocycles. The first-order valence-electron chi connectivity index (χ1n) is 6.31. The van der Waals surface area contributed by atoms with Gasteiger partial charge < -0.3 is 4.74 Å². The van der Waals surface area contributed by atoms with E-state index in [9.17, 15) is 14.9 Å². The maximum atomic E-state index is 11.8. The van der Waals surface area contributed by atoms with E-state index in [1.165, 1.54) is 18.2 Å². The summed E-state index contributed by atoms with van der Waals surface area (Å²) in [6, 6.07) is 9.26. The van der Waals surface area contributed by atoms with Crippen molar-refractivity contribution in [3.8, 4) is 0 Å². The first kappa shape index (κ1) is 13.6. The smallest absolute Gasteiger partial charge is 0.363 e. The molecule has 2 aromatic rings. The molecule has 0 radical (unpaired) electrons. The fraction of sp³-hybridized carbons (Fsp3) is 0. The van der Waals surface area contributed by atoms with Gasteiger partial charge in [0, 0.05) is 30.1 Å². The summed E-state index contributed by atoms with van der Waals surface area (Å²) in [5.41, 5.74) is 1.10. The number of pyridine rings is 1. The Morgan fingerprint density at radius 2 is 2.09 bits per heavy atom. The average molecular weight is 295 g/mol. The van der Waals surface area contributed by atoms with Crippen molar-refractivity contribution in [2.45, 2.75) is 0 Å². The second kappa shape index (κ2) is 5.57. The van der Waals surface area contributed by atoms with Crippen LogP contribution >= 0.6 is 0 Å². The third-order valence-corrected chi connectivity index (χ3v) is 2.91. The summed E-state index contributed by atoms with van der Waals surface area (Å²) in [4.78, 5) is 30.1. The van der Waals surface area contributed by atoms with Crippen molar-refractivity contribution in [3.63, 3.8) is 0 Å². The highest BCUT2D eigenvalue weighted by molar-refractivity contribution is 6.13. The van der Waals surface area contributed by atoms with Gasteiger partial charge in [-0.25, -0.2) is 9.79 Å². The number of nitrogens with zero attached hydrogens (tertiary/aromatic N) is 3. The number of hydrogen-bond acceptors (Lipinski definition) is 6. The van der Waals surface area contributed by atoms with Gasteiger partial charge in [-0.3, -0.25) is 15.1 Å². The molecule has 1 aliphatic heterocycles. The molecule has 0 spiro atoms. The van der Waals surface area contributed by atoms with Crippen molar-refractivity contribution in [1.29, 1.82) is 0 Å². The van der Waals surface area contributed by atoms with Crippen LogP contribution in [0.4, 0.5) is 5.69 Å². The lowest BCUT2D eigenvalue weighted by atomic mass is 10.2. The predicted molar refractivity (Wildman–Crippen MR) is 77.9 cm³/mol. The van der Waals surface area contributed by atoms with Gasteiger partial charge in [0.15, 0.2) is 5.70 Å². The molecular weight excluding hydrogens is 286 g/mol.